The molecule has 0 spiro atoms. The van der Waals surface area contributed by atoms with Gasteiger partial charge >= 0.3 is 0 Å². The van der Waals surface area contributed by atoms with Gasteiger partial charge in [0.25, 0.3) is 0 Å². The first-order valence-corrected chi connectivity index (χ1v) is 7.46. The number of ether oxygens (including phenoxy) is 1. The molecule has 0 fully saturated rings. The lowest BCUT2D eigenvalue weighted by Gasteiger charge is -2.33. The molecule has 0 amide bonds. The van der Waals surface area contributed by atoms with E-state index in [1.54, 1.807) is 7.11 Å². The van der Waals surface area contributed by atoms with Gasteiger partial charge in [0.05, 0.1) is 19.3 Å². The topological polar surface area (TPSA) is 62.0 Å². The highest BCUT2D eigenvalue weighted by atomic mass is 16.5. The summed E-state index contributed by atoms with van der Waals surface area (Å²) in [5.74, 6) is 0. The summed E-state index contributed by atoms with van der Waals surface area (Å²) in [6, 6.07) is -0.148. The number of hydrogen-bond acceptors (Lipinski definition) is 5. The van der Waals surface area contributed by atoms with Gasteiger partial charge < -0.3 is 20.5 Å². The van der Waals surface area contributed by atoms with Crippen molar-refractivity contribution in [1.29, 1.82) is 0 Å². The van der Waals surface area contributed by atoms with Crippen molar-refractivity contribution in [1.82, 2.24) is 9.80 Å². The number of aliphatic hydroxyl groups excluding tert-OH is 1. The molecule has 2 atom stereocenters. The van der Waals surface area contributed by atoms with Crippen LogP contribution in [0.15, 0.2) is 0 Å². The van der Waals surface area contributed by atoms with Crippen LogP contribution in [0, 0.1) is 0 Å². The summed E-state index contributed by atoms with van der Waals surface area (Å²) >= 11 is 0. The maximum atomic E-state index is 9.54. The van der Waals surface area contributed by atoms with Crippen LogP contribution in [0.2, 0.25) is 0 Å². The molecule has 0 saturated carbocycles. The van der Waals surface area contributed by atoms with E-state index in [2.05, 4.69) is 30.6 Å². The van der Waals surface area contributed by atoms with Crippen molar-refractivity contribution >= 4 is 0 Å². The minimum atomic E-state index is -0.136. The fourth-order valence-electron chi connectivity index (χ4n) is 2.42. The molecule has 0 aromatic carbocycles. The Morgan fingerprint density at radius 1 is 1.11 bits per heavy atom. The zero-order valence-corrected chi connectivity index (χ0v) is 13.1. The molecule has 0 aliphatic carbocycles. The quantitative estimate of drug-likeness (QED) is 0.539. The molecule has 0 aromatic rings. The molecule has 0 heterocycles. The predicted molar refractivity (Wildman–Crippen MR) is 80.4 cm³/mol. The first-order chi connectivity index (χ1) is 9.14. The highest BCUT2D eigenvalue weighted by molar-refractivity contribution is 4.81. The van der Waals surface area contributed by atoms with E-state index in [0.29, 0.717) is 6.61 Å². The summed E-state index contributed by atoms with van der Waals surface area (Å²) in [7, 11) is 1.64. The number of methoxy groups -OCH3 is 1. The summed E-state index contributed by atoms with van der Waals surface area (Å²) in [5.41, 5.74) is 6.06. The monoisotopic (exact) mass is 275 g/mol. The lowest BCUT2D eigenvalue weighted by atomic mass is 10.1. The van der Waals surface area contributed by atoms with Gasteiger partial charge in [0.1, 0.15) is 0 Å². The van der Waals surface area contributed by atoms with Crippen molar-refractivity contribution in [2.75, 3.05) is 53.0 Å². The fraction of sp³-hybridized carbons (Fsp3) is 1.00. The lowest BCUT2D eigenvalue weighted by molar-refractivity contribution is 0.0708. The molecular weight excluding hydrogens is 242 g/mol. The van der Waals surface area contributed by atoms with E-state index in [1.165, 1.54) is 0 Å². The molecule has 2 unspecified atom stereocenters. The zero-order valence-electron chi connectivity index (χ0n) is 13.1. The van der Waals surface area contributed by atoms with Gasteiger partial charge in [-0.3, -0.25) is 4.90 Å². The summed E-state index contributed by atoms with van der Waals surface area (Å²) in [4.78, 5) is 4.67. The molecule has 0 saturated heterocycles. The number of hydrogen-bond donors (Lipinski definition) is 2. The summed E-state index contributed by atoms with van der Waals surface area (Å²) < 4.78 is 5.09. The first-order valence-electron chi connectivity index (χ1n) is 7.46. The van der Waals surface area contributed by atoms with Crippen LogP contribution in [-0.4, -0.2) is 80.0 Å². The van der Waals surface area contributed by atoms with Crippen molar-refractivity contribution in [2.24, 2.45) is 5.73 Å². The van der Waals surface area contributed by atoms with Gasteiger partial charge in [-0.05, 0) is 39.1 Å². The first kappa shape index (κ1) is 18.8. The van der Waals surface area contributed by atoms with Crippen LogP contribution >= 0.6 is 0 Å². The van der Waals surface area contributed by atoms with Crippen molar-refractivity contribution < 1.29 is 9.84 Å². The molecule has 5 heteroatoms. The number of rotatable bonds is 12. The van der Waals surface area contributed by atoms with E-state index in [9.17, 15) is 5.11 Å². The van der Waals surface area contributed by atoms with Gasteiger partial charge in [-0.15, -0.1) is 0 Å². The van der Waals surface area contributed by atoms with E-state index < -0.39 is 0 Å². The smallest absolute Gasteiger partial charge is 0.0629 e. The largest absolute Gasteiger partial charge is 0.395 e. The number of nitrogens with zero attached hydrogens (tertiary/aromatic N) is 2. The van der Waals surface area contributed by atoms with Crippen molar-refractivity contribution in [3.8, 4) is 0 Å². The molecule has 0 aromatic heterocycles. The molecule has 0 rings (SSSR count). The van der Waals surface area contributed by atoms with Gasteiger partial charge in [-0.2, -0.15) is 0 Å². The molecule has 116 valence electrons. The third-order valence-corrected chi connectivity index (χ3v) is 3.73. The third kappa shape index (κ3) is 7.22. The van der Waals surface area contributed by atoms with Crippen LogP contribution in [0.25, 0.3) is 0 Å². The van der Waals surface area contributed by atoms with Crippen LogP contribution in [0.4, 0.5) is 0 Å². The number of aliphatic hydroxyl groups is 1. The molecule has 0 aliphatic rings. The zero-order chi connectivity index (χ0) is 14.7. The Hall–Kier alpha value is -0.200. The molecule has 0 aliphatic heterocycles. The Labute approximate surface area is 118 Å². The van der Waals surface area contributed by atoms with Crippen LogP contribution in [0.3, 0.4) is 0 Å². The Kier molecular flexibility index (Phi) is 11.5. The maximum absolute atomic E-state index is 9.54. The average Bonchev–Trinajstić information content (AvgIpc) is 2.42. The second kappa shape index (κ2) is 11.6. The second-order valence-electron chi connectivity index (χ2n) is 4.88. The van der Waals surface area contributed by atoms with Gasteiger partial charge in [0.2, 0.25) is 0 Å². The number of likely N-dealkylation sites (N-methyl/N-ethyl adjacent to an activating group) is 1. The van der Waals surface area contributed by atoms with Crippen LogP contribution in [0.1, 0.15) is 27.2 Å². The molecule has 5 nitrogen and oxygen atoms in total. The van der Waals surface area contributed by atoms with Crippen LogP contribution < -0.4 is 5.73 Å². The van der Waals surface area contributed by atoms with Gasteiger partial charge in [0, 0.05) is 13.2 Å². The van der Waals surface area contributed by atoms with Crippen molar-refractivity contribution in [3.63, 3.8) is 0 Å². The van der Waals surface area contributed by atoms with Crippen molar-refractivity contribution in [3.05, 3.63) is 0 Å². The SMILES string of the molecule is CCN(CC)CCCN(CC)C(CO)C(N)COC. The van der Waals surface area contributed by atoms with E-state index >= 15 is 0 Å². The van der Waals surface area contributed by atoms with Crippen LogP contribution in [-0.2, 0) is 4.74 Å². The second-order valence-corrected chi connectivity index (χ2v) is 4.88. The summed E-state index contributed by atoms with van der Waals surface area (Å²) in [6.07, 6.45) is 1.10. The number of nitrogens with two attached hydrogens (primary N) is 1. The Morgan fingerprint density at radius 3 is 2.16 bits per heavy atom. The van der Waals surface area contributed by atoms with E-state index in [-0.39, 0.29) is 18.7 Å². The highest BCUT2D eigenvalue weighted by Crippen LogP contribution is 2.05. The Morgan fingerprint density at radius 2 is 1.74 bits per heavy atom. The molecule has 3 N–H and O–H groups in total. The van der Waals surface area contributed by atoms with Gasteiger partial charge in [0.15, 0.2) is 0 Å². The minimum absolute atomic E-state index is 0.0124. The lowest BCUT2D eigenvalue weighted by Crippen LogP contribution is -2.52. The van der Waals surface area contributed by atoms with Gasteiger partial charge in [-0.1, -0.05) is 20.8 Å². The van der Waals surface area contributed by atoms with E-state index in [1.807, 2.05) is 0 Å². The van der Waals surface area contributed by atoms with E-state index in [4.69, 9.17) is 10.5 Å². The van der Waals surface area contributed by atoms with E-state index in [0.717, 1.165) is 39.1 Å². The highest BCUT2D eigenvalue weighted by Gasteiger charge is 2.22. The van der Waals surface area contributed by atoms with Gasteiger partial charge in [-0.25, -0.2) is 0 Å². The van der Waals surface area contributed by atoms with Crippen molar-refractivity contribution in [2.45, 2.75) is 39.3 Å². The molecule has 19 heavy (non-hydrogen) atoms. The minimum Gasteiger partial charge on any atom is -0.395 e. The molecule has 0 radical (unpaired) electrons. The fourth-order valence-corrected chi connectivity index (χ4v) is 2.42. The maximum Gasteiger partial charge on any atom is 0.0629 e. The molecule has 0 bridgehead atoms. The van der Waals surface area contributed by atoms with Crippen LogP contribution in [0.5, 0.6) is 0 Å². The molecular formula is C14H33N3O2. The summed E-state index contributed by atoms with van der Waals surface area (Å²) in [5, 5.41) is 9.54. The predicted octanol–water partition coefficient (Wildman–Crippen LogP) is 0.375. The standard InChI is InChI=1S/C14H33N3O2/c1-5-16(6-2)9-8-10-17(7-3)14(11-18)13(15)12-19-4/h13-14,18H,5-12,15H2,1-4H3. The average molecular weight is 275 g/mol. The summed E-state index contributed by atoms with van der Waals surface area (Å²) in [6.45, 7) is 12.2. The Balaban J connectivity index is 4.22. The Bertz CT molecular complexity index is 201. The third-order valence-electron chi connectivity index (χ3n) is 3.73. The normalized spacial score (nSPS) is 15.2.